The molecule has 0 spiro atoms. The molecule has 1 aromatic heterocycles. The third kappa shape index (κ3) is 4.68. The first-order valence-electron chi connectivity index (χ1n) is 7.61. The average molecular weight is 387 g/mol. The second-order valence-corrected chi connectivity index (χ2v) is 7.22. The van der Waals surface area contributed by atoms with Crippen LogP contribution in [-0.4, -0.2) is 22.6 Å². The zero-order valence-corrected chi connectivity index (χ0v) is 15.1. The van der Waals surface area contributed by atoms with Gasteiger partial charge >= 0.3 is 0 Å². The summed E-state index contributed by atoms with van der Waals surface area (Å²) in [7, 11) is 0. The molecule has 0 saturated carbocycles. The van der Waals surface area contributed by atoms with Crippen molar-refractivity contribution in [3.8, 4) is 11.3 Å². The molecule has 0 radical (unpaired) electrons. The number of aromatic nitrogens is 1. The highest BCUT2D eigenvalue weighted by Crippen LogP contribution is 2.27. The van der Waals surface area contributed by atoms with Gasteiger partial charge < -0.3 is 0 Å². The Hall–Kier alpha value is -2.71. The first-order chi connectivity index (χ1) is 12.6. The van der Waals surface area contributed by atoms with Gasteiger partial charge in [-0.3, -0.25) is 20.4 Å². The summed E-state index contributed by atoms with van der Waals surface area (Å²) in [5.41, 5.74) is 6.20. The molecular weight excluding hydrogens is 373 g/mol. The van der Waals surface area contributed by atoms with Crippen LogP contribution in [0.3, 0.4) is 0 Å². The Bertz CT molecular complexity index is 916. The Labute approximate surface area is 157 Å². The minimum Gasteiger partial charge on any atom is -0.272 e. The molecule has 3 aromatic rings. The summed E-state index contributed by atoms with van der Waals surface area (Å²) in [5, 5.41) is 1.93. The van der Waals surface area contributed by atoms with E-state index in [0.29, 0.717) is 0 Å². The maximum atomic E-state index is 13.5. The number of halogens is 1. The Morgan fingerprint density at radius 1 is 1.04 bits per heavy atom. The fraction of sp³-hybridized carbons (Fsp3) is 0.0556. The molecular formula is C18H14FN3O2S2. The molecule has 0 aliphatic heterocycles. The van der Waals surface area contributed by atoms with Crippen LogP contribution in [0.1, 0.15) is 10.4 Å². The highest BCUT2D eigenvalue weighted by atomic mass is 32.2. The van der Waals surface area contributed by atoms with Crippen molar-refractivity contribution in [3.63, 3.8) is 0 Å². The predicted octanol–water partition coefficient (Wildman–Crippen LogP) is 3.50. The van der Waals surface area contributed by atoms with E-state index in [9.17, 15) is 14.0 Å². The number of benzene rings is 2. The maximum Gasteiger partial charge on any atom is 0.272 e. The first-order valence-corrected chi connectivity index (χ1v) is 9.47. The lowest BCUT2D eigenvalue weighted by molar-refractivity contribution is -0.119. The van der Waals surface area contributed by atoms with Gasteiger partial charge in [-0.1, -0.05) is 54.2 Å². The van der Waals surface area contributed by atoms with Gasteiger partial charge in [0, 0.05) is 10.9 Å². The number of hydrogen-bond acceptors (Lipinski definition) is 5. The summed E-state index contributed by atoms with van der Waals surface area (Å²) in [5.74, 6) is -1.68. The van der Waals surface area contributed by atoms with Crippen LogP contribution in [0.4, 0.5) is 4.39 Å². The van der Waals surface area contributed by atoms with Crippen molar-refractivity contribution in [3.05, 3.63) is 71.4 Å². The molecule has 3 rings (SSSR count). The molecule has 2 aromatic carbocycles. The lowest BCUT2D eigenvalue weighted by Gasteiger charge is -2.07. The van der Waals surface area contributed by atoms with E-state index < -0.39 is 17.6 Å². The minimum atomic E-state index is -0.706. The molecule has 0 aliphatic carbocycles. The zero-order chi connectivity index (χ0) is 18.4. The molecule has 5 nitrogen and oxygen atoms in total. The van der Waals surface area contributed by atoms with Crippen molar-refractivity contribution in [1.29, 1.82) is 0 Å². The van der Waals surface area contributed by atoms with Crippen LogP contribution in [0, 0.1) is 5.82 Å². The summed E-state index contributed by atoms with van der Waals surface area (Å²) >= 11 is 2.71. The molecule has 1 heterocycles. The fourth-order valence-electron chi connectivity index (χ4n) is 2.07. The second-order valence-electron chi connectivity index (χ2n) is 5.14. The lowest BCUT2D eigenvalue weighted by atomic mass is 10.2. The number of carbonyl (C=O) groups is 2. The van der Waals surface area contributed by atoms with Gasteiger partial charge in [0.15, 0.2) is 4.34 Å². The molecule has 0 saturated heterocycles. The van der Waals surface area contributed by atoms with Crippen LogP contribution >= 0.6 is 23.1 Å². The molecule has 132 valence electrons. The Balaban J connectivity index is 1.48. The molecule has 2 amide bonds. The van der Waals surface area contributed by atoms with Crippen molar-refractivity contribution < 1.29 is 14.0 Å². The molecule has 2 N–H and O–H groups in total. The predicted molar refractivity (Wildman–Crippen MR) is 100 cm³/mol. The summed E-state index contributed by atoms with van der Waals surface area (Å²) in [6, 6.07) is 15.3. The smallest absolute Gasteiger partial charge is 0.272 e. The van der Waals surface area contributed by atoms with E-state index >= 15 is 0 Å². The first kappa shape index (κ1) is 18.1. The van der Waals surface area contributed by atoms with E-state index in [2.05, 4.69) is 15.8 Å². The minimum absolute atomic E-state index is 0.0826. The van der Waals surface area contributed by atoms with Crippen molar-refractivity contribution in [2.24, 2.45) is 0 Å². The molecule has 26 heavy (non-hydrogen) atoms. The topological polar surface area (TPSA) is 71.1 Å². The summed E-state index contributed by atoms with van der Waals surface area (Å²) in [6.45, 7) is 0. The van der Waals surface area contributed by atoms with Gasteiger partial charge in [0.25, 0.3) is 5.91 Å². The summed E-state index contributed by atoms with van der Waals surface area (Å²) in [6.07, 6.45) is 0. The number of amides is 2. The van der Waals surface area contributed by atoms with Crippen molar-refractivity contribution >= 4 is 34.9 Å². The number of rotatable bonds is 5. The highest BCUT2D eigenvalue weighted by molar-refractivity contribution is 8.01. The Morgan fingerprint density at radius 2 is 1.77 bits per heavy atom. The van der Waals surface area contributed by atoms with E-state index in [-0.39, 0.29) is 11.3 Å². The zero-order valence-electron chi connectivity index (χ0n) is 13.4. The summed E-state index contributed by atoms with van der Waals surface area (Å²) < 4.78 is 14.2. The quantitative estimate of drug-likeness (QED) is 0.519. The molecule has 0 atom stereocenters. The van der Waals surface area contributed by atoms with Gasteiger partial charge in [-0.25, -0.2) is 9.37 Å². The van der Waals surface area contributed by atoms with Gasteiger partial charge in [-0.15, -0.1) is 11.3 Å². The maximum absolute atomic E-state index is 13.5. The van der Waals surface area contributed by atoms with E-state index in [4.69, 9.17) is 0 Å². The molecule has 0 fully saturated rings. The van der Waals surface area contributed by atoms with Crippen molar-refractivity contribution in [2.75, 3.05) is 5.75 Å². The van der Waals surface area contributed by atoms with Crippen LogP contribution in [0.15, 0.2) is 64.3 Å². The summed E-state index contributed by atoms with van der Waals surface area (Å²) in [4.78, 5) is 28.1. The Kier molecular flexibility index (Phi) is 5.98. The Morgan fingerprint density at radius 3 is 2.54 bits per heavy atom. The SMILES string of the molecule is O=C(CSc1nc(-c2ccccc2)cs1)NNC(=O)c1ccccc1F. The third-order valence-corrected chi connectivity index (χ3v) is 5.33. The number of thiazole rings is 1. The normalized spacial score (nSPS) is 10.3. The average Bonchev–Trinajstić information content (AvgIpc) is 3.14. The van der Waals surface area contributed by atoms with E-state index in [1.54, 1.807) is 6.07 Å². The van der Waals surface area contributed by atoms with Crippen LogP contribution < -0.4 is 10.9 Å². The molecule has 0 unspecified atom stereocenters. The van der Waals surface area contributed by atoms with Gasteiger partial charge in [-0.05, 0) is 12.1 Å². The van der Waals surface area contributed by atoms with E-state index in [1.165, 1.54) is 41.3 Å². The number of hydrazine groups is 1. The highest BCUT2D eigenvalue weighted by Gasteiger charge is 2.12. The van der Waals surface area contributed by atoms with Crippen molar-refractivity contribution in [2.45, 2.75) is 4.34 Å². The van der Waals surface area contributed by atoms with Gasteiger partial charge in [0.05, 0.1) is 17.0 Å². The molecule has 8 heteroatoms. The van der Waals surface area contributed by atoms with Crippen LogP contribution in [0.5, 0.6) is 0 Å². The molecule has 0 bridgehead atoms. The molecule has 0 aliphatic rings. The third-order valence-electron chi connectivity index (χ3n) is 3.31. The number of hydrogen-bond donors (Lipinski definition) is 2. The van der Waals surface area contributed by atoms with E-state index in [0.717, 1.165) is 15.6 Å². The van der Waals surface area contributed by atoms with Crippen molar-refractivity contribution in [1.82, 2.24) is 15.8 Å². The van der Waals surface area contributed by atoms with Crippen LogP contribution in [0.2, 0.25) is 0 Å². The van der Waals surface area contributed by atoms with Gasteiger partial charge in [-0.2, -0.15) is 0 Å². The second kappa shape index (κ2) is 8.59. The fourth-order valence-corrected chi connectivity index (χ4v) is 3.70. The number of thioether (sulfide) groups is 1. The van der Waals surface area contributed by atoms with Crippen LogP contribution in [0.25, 0.3) is 11.3 Å². The number of nitrogens with zero attached hydrogens (tertiary/aromatic N) is 1. The number of carbonyl (C=O) groups excluding carboxylic acids is 2. The largest absolute Gasteiger partial charge is 0.272 e. The van der Waals surface area contributed by atoms with Crippen LogP contribution in [-0.2, 0) is 4.79 Å². The monoisotopic (exact) mass is 387 g/mol. The number of nitrogens with one attached hydrogen (secondary N) is 2. The van der Waals surface area contributed by atoms with Gasteiger partial charge in [0.1, 0.15) is 5.82 Å². The van der Waals surface area contributed by atoms with Gasteiger partial charge in [0.2, 0.25) is 5.91 Å². The standard InChI is InChI=1S/C18H14FN3O2S2/c19-14-9-5-4-8-13(14)17(24)22-21-16(23)11-26-18-20-15(10-25-18)12-6-2-1-3-7-12/h1-10H,11H2,(H,21,23)(H,22,24). The lowest BCUT2D eigenvalue weighted by Crippen LogP contribution is -2.42. The van der Waals surface area contributed by atoms with E-state index in [1.807, 2.05) is 35.7 Å².